The van der Waals surface area contributed by atoms with Gasteiger partial charge in [-0.25, -0.2) is 14.4 Å². The van der Waals surface area contributed by atoms with E-state index in [0.29, 0.717) is 40.9 Å². The van der Waals surface area contributed by atoms with E-state index in [-0.39, 0.29) is 18.1 Å². The molecule has 0 unspecified atom stereocenters. The normalized spacial score (nSPS) is 12.6. The van der Waals surface area contributed by atoms with Gasteiger partial charge in [-0.15, -0.1) is 0 Å². The molecule has 0 spiro atoms. The van der Waals surface area contributed by atoms with Gasteiger partial charge in [-0.2, -0.15) is 0 Å². The predicted molar refractivity (Wildman–Crippen MR) is 127 cm³/mol. The summed E-state index contributed by atoms with van der Waals surface area (Å²) in [6, 6.07) is 21.8. The van der Waals surface area contributed by atoms with E-state index in [2.05, 4.69) is 9.97 Å². The Hall–Kier alpha value is -4.26. The second kappa shape index (κ2) is 8.94. The number of carbonyl (C=O) groups excluding carboxylic acids is 1. The van der Waals surface area contributed by atoms with E-state index in [1.807, 2.05) is 61.5 Å². The molecule has 5 rings (SSSR count). The summed E-state index contributed by atoms with van der Waals surface area (Å²) in [6.45, 7) is 2.25. The second-order valence-electron chi connectivity index (χ2n) is 7.96. The van der Waals surface area contributed by atoms with Crippen molar-refractivity contribution in [1.29, 1.82) is 0 Å². The van der Waals surface area contributed by atoms with Crippen LogP contribution in [0.25, 0.3) is 11.4 Å². The van der Waals surface area contributed by atoms with E-state index >= 15 is 0 Å². The van der Waals surface area contributed by atoms with Crippen LogP contribution in [0.1, 0.15) is 16.8 Å². The molecule has 4 aromatic rings. The van der Waals surface area contributed by atoms with Gasteiger partial charge in [-0.05, 0) is 42.8 Å². The van der Waals surface area contributed by atoms with Crippen LogP contribution in [0.3, 0.4) is 0 Å². The van der Waals surface area contributed by atoms with Crippen molar-refractivity contribution in [1.82, 2.24) is 9.97 Å². The molecule has 0 bridgehead atoms. The number of benzene rings is 3. The number of aromatic nitrogens is 2. The molecule has 1 amide bonds. The molecule has 0 saturated heterocycles. The van der Waals surface area contributed by atoms with Crippen LogP contribution in [0.15, 0.2) is 72.8 Å². The number of ether oxygens (including phenoxy) is 2. The van der Waals surface area contributed by atoms with Crippen LogP contribution >= 0.6 is 0 Å². The van der Waals surface area contributed by atoms with Gasteiger partial charge in [0.1, 0.15) is 18.2 Å². The van der Waals surface area contributed by atoms with Crippen LogP contribution < -0.4 is 14.4 Å². The summed E-state index contributed by atoms with van der Waals surface area (Å²) in [5.74, 6) is 1.03. The summed E-state index contributed by atoms with van der Waals surface area (Å²) in [6.07, 6.45) is 0.202. The molecule has 1 aromatic heterocycles. The van der Waals surface area contributed by atoms with Gasteiger partial charge in [0.2, 0.25) is 5.91 Å². The molecule has 0 aliphatic carbocycles. The average molecular weight is 455 g/mol. The average Bonchev–Trinajstić information content (AvgIpc) is 3.20. The van der Waals surface area contributed by atoms with Crippen molar-refractivity contribution in [2.45, 2.75) is 20.0 Å². The molecule has 7 heteroatoms. The lowest BCUT2D eigenvalue weighted by Crippen LogP contribution is -2.21. The fraction of sp³-hybridized carbons (Fsp3) is 0.148. The van der Waals surface area contributed by atoms with Crippen LogP contribution in [0.2, 0.25) is 0 Å². The molecule has 34 heavy (non-hydrogen) atoms. The fourth-order valence-corrected chi connectivity index (χ4v) is 3.98. The lowest BCUT2D eigenvalue weighted by molar-refractivity contribution is -0.116. The van der Waals surface area contributed by atoms with E-state index < -0.39 is 5.82 Å². The van der Waals surface area contributed by atoms with Gasteiger partial charge in [0.15, 0.2) is 17.4 Å². The van der Waals surface area contributed by atoms with Gasteiger partial charge in [0, 0.05) is 22.9 Å². The minimum Gasteiger partial charge on any atom is -0.494 e. The quantitative estimate of drug-likeness (QED) is 0.390. The molecule has 170 valence electrons. The number of halogens is 1. The maximum atomic E-state index is 14.3. The number of amides is 1. The van der Waals surface area contributed by atoms with Crippen molar-refractivity contribution in [3.05, 3.63) is 95.4 Å². The van der Waals surface area contributed by atoms with Gasteiger partial charge in [-0.3, -0.25) is 9.69 Å². The van der Waals surface area contributed by atoms with Crippen molar-refractivity contribution < 1.29 is 18.7 Å². The molecule has 1 aliphatic rings. The first-order valence-corrected chi connectivity index (χ1v) is 10.8. The molecule has 0 fully saturated rings. The highest BCUT2D eigenvalue weighted by molar-refractivity contribution is 6.06. The van der Waals surface area contributed by atoms with Gasteiger partial charge >= 0.3 is 0 Å². The van der Waals surface area contributed by atoms with Gasteiger partial charge < -0.3 is 9.47 Å². The Balaban J connectivity index is 1.48. The van der Waals surface area contributed by atoms with Crippen LogP contribution in [0, 0.1) is 12.7 Å². The predicted octanol–water partition coefficient (Wildman–Crippen LogP) is 5.40. The SMILES string of the molecule is COc1ccc(-c2nc(C)c3c(n2)N(c2cccc(OCc4ccccc4)c2)C(=O)C3)cc1F. The highest BCUT2D eigenvalue weighted by atomic mass is 19.1. The number of anilines is 2. The Labute approximate surface area is 196 Å². The van der Waals surface area contributed by atoms with Gasteiger partial charge in [0.25, 0.3) is 0 Å². The van der Waals surface area contributed by atoms with Crippen LogP contribution in [-0.4, -0.2) is 23.0 Å². The standard InChI is InChI=1S/C27H22FN3O3/c1-17-22-15-25(32)31(20-9-6-10-21(14-20)34-16-18-7-4-3-5-8-18)27(22)30-26(29-17)19-11-12-24(33-2)23(28)13-19/h3-14H,15-16H2,1-2H3. The van der Waals surface area contributed by atoms with E-state index in [9.17, 15) is 9.18 Å². The number of rotatable bonds is 6. The molecule has 6 nitrogen and oxygen atoms in total. The van der Waals surface area contributed by atoms with E-state index in [0.717, 1.165) is 11.1 Å². The zero-order chi connectivity index (χ0) is 23.7. The van der Waals surface area contributed by atoms with E-state index in [4.69, 9.17) is 9.47 Å². The zero-order valence-electron chi connectivity index (χ0n) is 18.8. The Kier molecular flexibility index (Phi) is 5.67. The van der Waals surface area contributed by atoms with Crippen molar-refractivity contribution in [3.8, 4) is 22.9 Å². The lowest BCUT2D eigenvalue weighted by atomic mass is 10.1. The molecule has 0 N–H and O–H groups in total. The van der Waals surface area contributed by atoms with Crippen LogP contribution in [-0.2, 0) is 17.8 Å². The fourth-order valence-electron chi connectivity index (χ4n) is 3.98. The minimum absolute atomic E-state index is 0.106. The maximum absolute atomic E-state index is 14.3. The summed E-state index contributed by atoms with van der Waals surface area (Å²) >= 11 is 0. The number of aryl methyl sites for hydroxylation is 1. The highest BCUT2D eigenvalue weighted by Gasteiger charge is 2.33. The van der Waals surface area contributed by atoms with Crippen molar-refractivity contribution in [2.24, 2.45) is 0 Å². The molecule has 2 heterocycles. The third-order valence-electron chi connectivity index (χ3n) is 5.72. The Morgan fingerprint density at radius 1 is 1.00 bits per heavy atom. The molecule has 0 atom stereocenters. The Morgan fingerprint density at radius 3 is 2.59 bits per heavy atom. The summed E-state index contributed by atoms with van der Waals surface area (Å²) in [5.41, 5.74) is 3.65. The molecule has 3 aromatic carbocycles. The van der Waals surface area contributed by atoms with Crippen LogP contribution in [0.5, 0.6) is 11.5 Å². The first-order valence-electron chi connectivity index (χ1n) is 10.8. The first kappa shape index (κ1) is 21.6. The third-order valence-corrected chi connectivity index (χ3v) is 5.72. The summed E-state index contributed by atoms with van der Waals surface area (Å²) in [5, 5.41) is 0. The van der Waals surface area contributed by atoms with E-state index in [1.54, 1.807) is 11.0 Å². The first-order chi connectivity index (χ1) is 16.5. The zero-order valence-corrected chi connectivity index (χ0v) is 18.8. The number of nitrogens with zero attached hydrogens (tertiary/aromatic N) is 3. The van der Waals surface area contributed by atoms with Crippen molar-refractivity contribution in [3.63, 3.8) is 0 Å². The van der Waals surface area contributed by atoms with Crippen LogP contribution in [0.4, 0.5) is 15.9 Å². The maximum Gasteiger partial charge on any atom is 0.237 e. The number of hydrogen-bond acceptors (Lipinski definition) is 5. The molecule has 1 aliphatic heterocycles. The van der Waals surface area contributed by atoms with Gasteiger partial charge in [0.05, 0.1) is 19.2 Å². The van der Waals surface area contributed by atoms with Crippen molar-refractivity contribution >= 4 is 17.4 Å². The van der Waals surface area contributed by atoms with E-state index in [1.165, 1.54) is 19.2 Å². The highest BCUT2D eigenvalue weighted by Crippen LogP contribution is 2.38. The molecular formula is C27H22FN3O3. The number of hydrogen-bond donors (Lipinski definition) is 0. The second-order valence-corrected chi connectivity index (χ2v) is 7.96. The largest absolute Gasteiger partial charge is 0.494 e. The number of methoxy groups -OCH3 is 1. The lowest BCUT2D eigenvalue weighted by Gasteiger charge is -2.18. The summed E-state index contributed by atoms with van der Waals surface area (Å²) in [7, 11) is 1.41. The summed E-state index contributed by atoms with van der Waals surface area (Å²) in [4.78, 5) is 23.8. The molecule has 0 radical (unpaired) electrons. The molecular weight excluding hydrogens is 433 g/mol. The third kappa shape index (κ3) is 4.08. The summed E-state index contributed by atoms with van der Waals surface area (Å²) < 4.78 is 25.2. The Morgan fingerprint density at radius 2 is 1.82 bits per heavy atom. The number of carbonyl (C=O) groups is 1. The van der Waals surface area contributed by atoms with Gasteiger partial charge in [-0.1, -0.05) is 36.4 Å². The Bertz CT molecular complexity index is 1380. The smallest absolute Gasteiger partial charge is 0.237 e. The monoisotopic (exact) mass is 455 g/mol. The minimum atomic E-state index is -0.502. The molecule has 0 saturated carbocycles. The number of fused-ring (bicyclic) bond motifs is 1. The van der Waals surface area contributed by atoms with Crippen molar-refractivity contribution in [2.75, 3.05) is 12.0 Å². The topological polar surface area (TPSA) is 64.6 Å².